The molecule has 0 aliphatic carbocycles. The van der Waals surface area contributed by atoms with Gasteiger partial charge in [0.05, 0.1) is 18.6 Å². The molecule has 0 heterocycles. The van der Waals surface area contributed by atoms with Crippen LogP contribution in [0.4, 0.5) is 13.2 Å². The summed E-state index contributed by atoms with van der Waals surface area (Å²) in [6, 6.07) is 3.84. The minimum Gasteiger partial charge on any atom is -0.481 e. The van der Waals surface area contributed by atoms with Crippen LogP contribution < -0.4 is 10.1 Å². The fourth-order valence-corrected chi connectivity index (χ4v) is 2.05. The predicted molar refractivity (Wildman–Crippen MR) is 82.0 cm³/mol. The molecule has 2 unspecified atom stereocenters. The van der Waals surface area contributed by atoms with E-state index in [4.69, 9.17) is 9.84 Å². The lowest BCUT2D eigenvalue weighted by Gasteiger charge is -2.19. The highest BCUT2D eigenvalue weighted by atomic mass is 19.4. The van der Waals surface area contributed by atoms with E-state index >= 15 is 0 Å². The number of ether oxygens (including phenoxy) is 2. The molecule has 1 rings (SSSR count). The molecule has 6 nitrogen and oxygen atoms in total. The van der Waals surface area contributed by atoms with Gasteiger partial charge in [-0.25, -0.2) is 0 Å². The van der Waals surface area contributed by atoms with Crippen LogP contribution >= 0.6 is 0 Å². The SMILES string of the molecule is COC(C)CCC(=O)NC(CC(=O)O)c1ccc(OC(F)(F)F)cc1. The van der Waals surface area contributed by atoms with Crippen molar-refractivity contribution in [1.29, 1.82) is 0 Å². The number of aliphatic carboxylic acids is 1. The van der Waals surface area contributed by atoms with E-state index in [1.165, 1.54) is 19.2 Å². The van der Waals surface area contributed by atoms with Crippen molar-refractivity contribution >= 4 is 11.9 Å². The maximum atomic E-state index is 12.2. The van der Waals surface area contributed by atoms with Gasteiger partial charge in [-0.3, -0.25) is 9.59 Å². The summed E-state index contributed by atoms with van der Waals surface area (Å²) in [5.74, 6) is -1.94. The molecule has 9 heteroatoms. The number of carboxylic acids is 1. The summed E-state index contributed by atoms with van der Waals surface area (Å²) in [5.41, 5.74) is 0.366. The van der Waals surface area contributed by atoms with Crippen LogP contribution in [0.25, 0.3) is 0 Å². The maximum absolute atomic E-state index is 12.2. The first-order valence-corrected chi connectivity index (χ1v) is 7.50. The Kier molecular flexibility index (Phi) is 7.69. The molecule has 140 valence electrons. The molecular weight excluding hydrogens is 343 g/mol. The third kappa shape index (κ3) is 8.39. The Hall–Kier alpha value is -2.29. The van der Waals surface area contributed by atoms with Crippen LogP contribution in [0, 0.1) is 0 Å². The number of benzene rings is 1. The van der Waals surface area contributed by atoms with Crippen molar-refractivity contribution < 1.29 is 37.3 Å². The van der Waals surface area contributed by atoms with Crippen molar-refractivity contribution in [3.05, 3.63) is 29.8 Å². The second-order valence-electron chi connectivity index (χ2n) is 5.42. The zero-order valence-corrected chi connectivity index (χ0v) is 13.8. The van der Waals surface area contributed by atoms with Gasteiger partial charge in [0, 0.05) is 13.5 Å². The van der Waals surface area contributed by atoms with Crippen molar-refractivity contribution in [2.75, 3.05) is 7.11 Å². The number of hydrogen-bond donors (Lipinski definition) is 2. The van der Waals surface area contributed by atoms with Gasteiger partial charge >= 0.3 is 12.3 Å². The van der Waals surface area contributed by atoms with Crippen molar-refractivity contribution in [2.24, 2.45) is 0 Å². The number of alkyl halides is 3. The molecule has 2 N–H and O–H groups in total. The molecule has 25 heavy (non-hydrogen) atoms. The lowest BCUT2D eigenvalue weighted by Crippen LogP contribution is -2.30. The average Bonchev–Trinajstić information content (AvgIpc) is 2.50. The van der Waals surface area contributed by atoms with Gasteiger partial charge in [-0.2, -0.15) is 0 Å². The van der Waals surface area contributed by atoms with Crippen molar-refractivity contribution in [2.45, 2.75) is 44.7 Å². The fraction of sp³-hybridized carbons (Fsp3) is 0.500. The molecule has 0 saturated heterocycles. The first kappa shape index (κ1) is 20.8. The smallest absolute Gasteiger partial charge is 0.481 e. The lowest BCUT2D eigenvalue weighted by molar-refractivity contribution is -0.274. The van der Waals surface area contributed by atoms with Gasteiger partial charge in [0.25, 0.3) is 0 Å². The number of amides is 1. The van der Waals surface area contributed by atoms with E-state index in [9.17, 15) is 22.8 Å². The fourth-order valence-electron chi connectivity index (χ4n) is 2.05. The summed E-state index contributed by atoms with van der Waals surface area (Å²) < 4.78 is 45.3. The third-order valence-corrected chi connectivity index (χ3v) is 3.41. The van der Waals surface area contributed by atoms with Crippen LogP contribution in [-0.2, 0) is 14.3 Å². The number of halogens is 3. The second-order valence-corrected chi connectivity index (χ2v) is 5.42. The molecule has 0 spiro atoms. The summed E-state index contributed by atoms with van der Waals surface area (Å²) in [7, 11) is 1.51. The van der Waals surface area contributed by atoms with Crippen LogP contribution in [-0.4, -0.2) is 36.6 Å². The molecule has 0 fully saturated rings. The normalized spacial score (nSPS) is 13.8. The number of carboxylic acid groups (broad SMARTS) is 1. The Balaban J connectivity index is 2.77. The monoisotopic (exact) mass is 363 g/mol. The van der Waals surface area contributed by atoms with E-state index in [0.717, 1.165) is 12.1 Å². The summed E-state index contributed by atoms with van der Waals surface area (Å²) in [6.07, 6.45) is -4.73. The number of hydrogen-bond acceptors (Lipinski definition) is 4. The van der Waals surface area contributed by atoms with Crippen molar-refractivity contribution in [1.82, 2.24) is 5.32 Å². The van der Waals surface area contributed by atoms with E-state index in [1.807, 2.05) is 0 Å². The highest BCUT2D eigenvalue weighted by molar-refractivity contribution is 5.77. The largest absolute Gasteiger partial charge is 0.573 e. The quantitative estimate of drug-likeness (QED) is 0.704. The summed E-state index contributed by atoms with van der Waals surface area (Å²) in [4.78, 5) is 22.9. The molecule has 2 atom stereocenters. The van der Waals surface area contributed by atoms with Crippen LogP contribution in [0.15, 0.2) is 24.3 Å². The Morgan fingerprint density at radius 2 is 1.84 bits per heavy atom. The highest BCUT2D eigenvalue weighted by Gasteiger charge is 2.31. The number of nitrogens with one attached hydrogen (secondary N) is 1. The van der Waals surface area contributed by atoms with E-state index in [1.54, 1.807) is 6.92 Å². The molecule has 0 aliphatic heterocycles. The van der Waals surface area contributed by atoms with Gasteiger partial charge in [-0.15, -0.1) is 13.2 Å². The Morgan fingerprint density at radius 3 is 2.32 bits per heavy atom. The summed E-state index contributed by atoms with van der Waals surface area (Å²) >= 11 is 0. The molecule has 1 amide bonds. The molecule has 1 aromatic carbocycles. The molecule has 1 aromatic rings. The standard InChI is InChI=1S/C16H20F3NO5/c1-10(24-2)3-8-14(21)20-13(9-15(22)23)11-4-6-12(7-5-11)25-16(17,18)19/h4-7,10,13H,3,8-9H2,1-2H3,(H,20,21)(H,22,23). The number of carbonyl (C=O) groups excluding carboxylic acids is 1. The first-order chi connectivity index (χ1) is 11.6. The minimum absolute atomic E-state index is 0.123. The van der Waals surface area contributed by atoms with Crippen LogP contribution in [0.2, 0.25) is 0 Å². The van der Waals surface area contributed by atoms with Crippen LogP contribution in [0.3, 0.4) is 0 Å². The van der Waals surface area contributed by atoms with E-state index in [-0.39, 0.29) is 18.4 Å². The molecule has 0 aromatic heterocycles. The zero-order chi connectivity index (χ0) is 19.0. The Labute approximate surface area is 142 Å². The van der Waals surface area contributed by atoms with Gasteiger partial charge < -0.3 is 19.9 Å². The second kappa shape index (κ2) is 9.26. The minimum atomic E-state index is -4.81. The predicted octanol–water partition coefficient (Wildman–Crippen LogP) is 3.03. The summed E-state index contributed by atoms with van der Waals surface area (Å²) in [6.45, 7) is 1.79. The number of methoxy groups -OCH3 is 1. The van der Waals surface area contributed by atoms with Crippen molar-refractivity contribution in [3.8, 4) is 5.75 Å². The topological polar surface area (TPSA) is 84.9 Å². The third-order valence-electron chi connectivity index (χ3n) is 3.41. The maximum Gasteiger partial charge on any atom is 0.573 e. The highest BCUT2D eigenvalue weighted by Crippen LogP contribution is 2.25. The van der Waals surface area contributed by atoms with Gasteiger partial charge in [-0.1, -0.05) is 12.1 Å². The average molecular weight is 363 g/mol. The number of carbonyl (C=O) groups is 2. The number of rotatable bonds is 9. The molecule has 0 bridgehead atoms. The van der Waals surface area contributed by atoms with Crippen molar-refractivity contribution in [3.63, 3.8) is 0 Å². The summed E-state index contributed by atoms with van der Waals surface area (Å²) in [5, 5.41) is 11.6. The van der Waals surface area contributed by atoms with Gasteiger partial charge in [-0.05, 0) is 31.0 Å². The van der Waals surface area contributed by atoms with Gasteiger partial charge in [0.2, 0.25) is 5.91 Å². The van der Waals surface area contributed by atoms with E-state index in [0.29, 0.717) is 12.0 Å². The van der Waals surface area contributed by atoms with Crippen LogP contribution in [0.5, 0.6) is 5.75 Å². The molecule has 0 aliphatic rings. The van der Waals surface area contributed by atoms with E-state index < -0.39 is 30.5 Å². The van der Waals surface area contributed by atoms with Gasteiger partial charge in [0.1, 0.15) is 5.75 Å². The van der Waals surface area contributed by atoms with Crippen LogP contribution in [0.1, 0.15) is 37.8 Å². The Morgan fingerprint density at radius 1 is 1.24 bits per heavy atom. The first-order valence-electron chi connectivity index (χ1n) is 7.50. The molecular formula is C16H20F3NO5. The molecule has 0 radical (unpaired) electrons. The zero-order valence-electron chi connectivity index (χ0n) is 13.8. The van der Waals surface area contributed by atoms with E-state index in [2.05, 4.69) is 10.1 Å². The van der Waals surface area contributed by atoms with Gasteiger partial charge in [0.15, 0.2) is 0 Å². The molecule has 0 saturated carbocycles. The Bertz CT molecular complexity index is 574. The lowest BCUT2D eigenvalue weighted by atomic mass is 10.0.